The Balaban J connectivity index is 1.95. The summed E-state index contributed by atoms with van der Waals surface area (Å²) in [6.45, 7) is 10.9. The highest BCUT2D eigenvalue weighted by Crippen LogP contribution is 2.21. The third-order valence-electron chi connectivity index (χ3n) is 9.81. The van der Waals surface area contributed by atoms with Crippen LogP contribution < -0.4 is 16.0 Å². The van der Waals surface area contributed by atoms with Crippen molar-refractivity contribution in [2.45, 2.75) is 109 Å². The van der Waals surface area contributed by atoms with Gasteiger partial charge < -0.3 is 35.4 Å². The van der Waals surface area contributed by atoms with Crippen molar-refractivity contribution in [2.24, 2.45) is 0 Å². The number of benzene rings is 3. The van der Waals surface area contributed by atoms with E-state index in [0.717, 1.165) is 21.9 Å². The molecule has 0 aliphatic carbocycles. The first-order valence-electron chi connectivity index (χ1n) is 20.2. The third kappa shape index (κ3) is 15.9. The van der Waals surface area contributed by atoms with E-state index in [-0.39, 0.29) is 24.7 Å². The third-order valence-corrected chi connectivity index (χ3v) is 9.81. The smallest absolute Gasteiger partial charge is 0.408 e. The van der Waals surface area contributed by atoms with E-state index in [2.05, 4.69) is 16.0 Å². The van der Waals surface area contributed by atoms with Gasteiger partial charge in [-0.05, 0) is 88.3 Å². The molecule has 59 heavy (non-hydrogen) atoms. The highest BCUT2D eigenvalue weighted by atomic mass is 16.6. The molecule has 1 unspecified atom stereocenters. The number of nitrogens with zero attached hydrogens (tertiary/aromatic N) is 3. The number of unbranched alkanes of at least 4 members (excludes halogenated alkanes) is 1. The number of nitrogens with one attached hydrogen (secondary N) is 3. The van der Waals surface area contributed by atoms with E-state index in [1.807, 2.05) is 86.6 Å². The summed E-state index contributed by atoms with van der Waals surface area (Å²) in [5, 5.41) is 10.5. The lowest BCUT2D eigenvalue weighted by molar-refractivity contribution is -0.146. The molecule has 0 bridgehead atoms. The summed E-state index contributed by atoms with van der Waals surface area (Å²) in [6, 6.07) is 20.1. The van der Waals surface area contributed by atoms with E-state index in [0.29, 0.717) is 32.2 Å². The van der Waals surface area contributed by atoms with Crippen molar-refractivity contribution in [3.8, 4) is 0 Å². The van der Waals surface area contributed by atoms with Gasteiger partial charge in [-0.15, -0.1) is 0 Å². The molecule has 0 spiro atoms. The molecule has 0 aliphatic heterocycles. The number of amides is 6. The summed E-state index contributed by atoms with van der Waals surface area (Å²) in [4.78, 5) is 84.4. The molecule has 6 amide bonds. The number of rotatable bonds is 19. The van der Waals surface area contributed by atoms with Gasteiger partial charge in [0.15, 0.2) is 0 Å². The van der Waals surface area contributed by atoms with Crippen molar-refractivity contribution < 1.29 is 33.5 Å². The quantitative estimate of drug-likeness (QED) is 0.108. The molecular weight excluding hydrogens is 749 g/mol. The second kappa shape index (κ2) is 21.9. The number of carbonyl (C=O) groups excluding carboxylic acids is 6. The summed E-state index contributed by atoms with van der Waals surface area (Å²) in [5.41, 5.74) is 0.213. The zero-order chi connectivity index (χ0) is 43.9. The Bertz CT molecular complexity index is 1940. The van der Waals surface area contributed by atoms with Crippen LogP contribution >= 0.6 is 0 Å². The first-order chi connectivity index (χ1) is 27.7. The summed E-state index contributed by atoms with van der Waals surface area (Å²) in [5.74, 6) is -1.85. The highest BCUT2D eigenvalue weighted by Gasteiger charge is 2.36. The second-order valence-corrected chi connectivity index (χ2v) is 16.9. The zero-order valence-electron chi connectivity index (χ0n) is 36.5. The van der Waals surface area contributed by atoms with Crippen molar-refractivity contribution >= 4 is 46.4 Å². The summed E-state index contributed by atoms with van der Waals surface area (Å²) in [6.07, 6.45) is 4.58. The fraction of sp³-hybridized carbons (Fsp3) is 0.478. The number of alkyl carbamates (subject to hydrolysis) is 1. The predicted octanol–water partition coefficient (Wildman–Crippen LogP) is 5.41. The van der Waals surface area contributed by atoms with Crippen LogP contribution in [0, 0.1) is 0 Å². The molecule has 0 heterocycles. The number of carbonyl (C=O) groups is 6. The normalized spacial score (nSPS) is 13.2. The van der Waals surface area contributed by atoms with Gasteiger partial charge in [0.25, 0.3) is 0 Å². The SMILES string of the molecule is CC(=O)NCCCCC(NC(=O)[C@@H](Cc1ccccc1)N(C)C(=O)[C@@H](Cc1ccc2ccccc2c1)N(C)C(=O)C=CCC(C)(C)NC(=O)OC(C)(C)C)C(=O)N(C)C. The highest BCUT2D eigenvalue weighted by molar-refractivity contribution is 5.96. The van der Waals surface area contributed by atoms with Crippen molar-refractivity contribution in [3.63, 3.8) is 0 Å². The average molecular weight is 813 g/mol. The van der Waals surface area contributed by atoms with Crippen LogP contribution in [0.2, 0.25) is 0 Å². The molecule has 3 aromatic rings. The molecule has 3 N–H and O–H groups in total. The molecule has 13 heteroatoms. The lowest BCUT2D eigenvalue weighted by atomic mass is 9.98. The van der Waals surface area contributed by atoms with Crippen LogP contribution in [0.5, 0.6) is 0 Å². The van der Waals surface area contributed by atoms with Crippen LogP contribution in [-0.4, -0.2) is 114 Å². The zero-order valence-corrected chi connectivity index (χ0v) is 36.5. The number of hydrogen-bond acceptors (Lipinski definition) is 7. The molecule has 0 aliphatic rings. The minimum absolute atomic E-state index is 0.144. The van der Waals surface area contributed by atoms with Gasteiger partial charge in [0.05, 0.1) is 0 Å². The maximum absolute atomic E-state index is 14.8. The predicted molar refractivity (Wildman–Crippen MR) is 231 cm³/mol. The van der Waals surface area contributed by atoms with Gasteiger partial charge >= 0.3 is 6.09 Å². The Morgan fingerprint density at radius 1 is 0.729 bits per heavy atom. The maximum Gasteiger partial charge on any atom is 0.408 e. The molecule has 0 saturated carbocycles. The largest absolute Gasteiger partial charge is 0.444 e. The number of hydrogen-bond donors (Lipinski definition) is 3. The molecule has 0 radical (unpaired) electrons. The van der Waals surface area contributed by atoms with Crippen molar-refractivity contribution in [1.82, 2.24) is 30.7 Å². The molecule has 0 saturated heterocycles. The Kier molecular flexibility index (Phi) is 17.7. The minimum atomic E-state index is -1.04. The standard InChI is InChI=1S/C46H64N6O7/c1-32(53)47-28-17-16-23-37(42(56)50(7)8)48-41(55)38(30-33-19-12-11-13-20-33)52(10)43(57)39(31-34-25-26-35-21-14-15-22-36(35)29-34)51(9)40(54)24-18-27-46(5,6)49-44(58)59-45(2,3)4/h11-15,18-22,24-26,29,37-39H,16-17,23,27-28,30-31H2,1-10H3,(H,47,53)(H,48,55)(H,49,58)/t37?,38-,39-/m1/s1. The molecule has 13 nitrogen and oxygen atoms in total. The molecule has 320 valence electrons. The fourth-order valence-corrected chi connectivity index (χ4v) is 6.54. The van der Waals surface area contributed by atoms with Crippen LogP contribution in [-0.2, 0) is 41.6 Å². The average Bonchev–Trinajstić information content (AvgIpc) is 3.16. The van der Waals surface area contributed by atoms with Crippen molar-refractivity contribution in [3.05, 3.63) is 96.1 Å². The molecule has 0 fully saturated rings. The lowest BCUT2D eigenvalue weighted by Gasteiger charge is -2.35. The molecule has 3 atom stereocenters. The van der Waals surface area contributed by atoms with E-state index in [1.165, 1.54) is 27.7 Å². The maximum atomic E-state index is 14.8. The molecule has 3 aromatic carbocycles. The summed E-state index contributed by atoms with van der Waals surface area (Å²) >= 11 is 0. The monoisotopic (exact) mass is 812 g/mol. The van der Waals surface area contributed by atoms with Crippen LogP contribution in [0.1, 0.15) is 78.4 Å². The fourth-order valence-electron chi connectivity index (χ4n) is 6.54. The van der Waals surface area contributed by atoms with E-state index < -0.39 is 53.1 Å². The first-order valence-corrected chi connectivity index (χ1v) is 20.2. The Hall–Kier alpha value is -5.72. The van der Waals surface area contributed by atoms with Crippen LogP contribution in [0.15, 0.2) is 84.9 Å². The molecular formula is C46H64N6O7. The van der Waals surface area contributed by atoms with Gasteiger partial charge in [0.2, 0.25) is 29.5 Å². The van der Waals surface area contributed by atoms with Gasteiger partial charge in [-0.1, -0.05) is 78.9 Å². The van der Waals surface area contributed by atoms with Crippen LogP contribution in [0.25, 0.3) is 10.8 Å². The second-order valence-electron chi connectivity index (χ2n) is 16.9. The summed E-state index contributed by atoms with van der Waals surface area (Å²) < 4.78 is 5.40. The van der Waals surface area contributed by atoms with Crippen molar-refractivity contribution in [1.29, 1.82) is 0 Å². The van der Waals surface area contributed by atoms with E-state index >= 15 is 0 Å². The van der Waals surface area contributed by atoms with Gasteiger partial charge in [-0.2, -0.15) is 0 Å². The van der Waals surface area contributed by atoms with Crippen molar-refractivity contribution in [2.75, 3.05) is 34.7 Å². The Labute approximate surface area is 349 Å². The van der Waals surface area contributed by atoms with Gasteiger partial charge in [-0.25, -0.2) is 4.79 Å². The van der Waals surface area contributed by atoms with Crippen LogP contribution in [0.3, 0.4) is 0 Å². The number of fused-ring (bicyclic) bond motifs is 1. The first kappa shape index (κ1) is 47.7. The topological polar surface area (TPSA) is 157 Å². The number of ether oxygens (including phenoxy) is 1. The minimum Gasteiger partial charge on any atom is -0.444 e. The van der Waals surface area contributed by atoms with E-state index in [1.54, 1.807) is 55.0 Å². The van der Waals surface area contributed by atoms with E-state index in [9.17, 15) is 28.8 Å². The number of likely N-dealkylation sites (N-methyl/N-ethyl adjacent to an activating group) is 3. The van der Waals surface area contributed by atoms with Gasteiger partial charge in [0.1, 0.15) is 23.7 Å². The molecule has 3 rings (SSSR count). The Morgan fingerprint density at radius 3 is 1.98 bits per heavy atom. The van der Waals surface area contributed by atoms with Crippen LogP contribution in [0.4, 0.5) is 4.79 Å². The summed E-state index contributed by atoms with van der Waals surface area (Å²) in [7, 11) is 6.35. The van der Waals surface area contributed by atoms with Gasteiger partial charge in [-0.3, -0.25) is 24.0 Å². The van der Waals surface area contributed by atoms with E-state index in [4.69, 9.17) is 4.74 Å². The van der Waals surface area contributed by atoms with Gasteiger partial charge in [0, 0.05) is 60.0 Å². The molecule has 0 aromatic heterocycles. The lowest BCUT2D eigenvalue weighted by Crippen LogP contribution is -2.58. The Morgan fingerprint density at radius 2 is 1.36 bits per heavy atom.